The number of unbranched alkanes of at least 4 members (excludes halogenated alkanes) is 3. The zero-order chi connectivity index (χ0) is 32.8. The molecule has 2 aromatic rings. The maximum atomic E-state index is 8.00. The Kier molecular flexibility index (Phi) is 12.3. The van der Waals surface area contributed by atoms with Gasteiger partial charge in [-0.25, -0.2) is 0 Å². The predicted molar refractivity (Wildman–Crippen MR) is 193 cm³/mol. The van der Waals surface area contributed by atoms with Crippen molar-refractivity contribution in [3.8, 4) is 0 Å². The number of hydrogen-bond acceptors (Lipinski definition) is 6. The first kappa shape index (κ1) is 36.2. The third kappa shape index (κ3) is 6.86. The van der Waals surface area contributed by atoms with Crippen molar-refractivity contribution in [2.45, 2.75) is 129 Å². The first-order valence-electron chi connectivity index (χ1n) is 17.9. The van der Waals surface area contributed by atoms with Crippen LogP contribution in [0.3, 0.4) is 0 Å². The Balaban J connectivity index is 1.72. The Labute approximate surface area is 283 Å². The first-order valence-corrected chi connectivity index (χ1v) is 27.5. The van der Waals surface area contributed by atoms with E-state index in [0.29, 0.717) is 13.2 Å². The molecular formula is C38H59NO5SiSn. The molecule has 8 heteroatoms. The van der Waals surface area contributed by atoms with Crippen LogP contribution in [0.4, 0.5) is 0 Å². The summed E-state index contributed by atoms with van der Waals surface area (Å²) in [7, 11) is -1.22. The Bertz CT molecular complexity index is 1210. The van der Waals surface area contributed by atoms with Gasteiger partial charge < -0.3 is 0 Å². The van der Waals surface area contributed by atoms with Crippen LogP contribution in [0.5, 0.6) is 0 Å². The zero-order valence-electron chi connectivity index (χ0n) is 29.5. The van der Waals surface area contributed by atoms with E-state index in [-0.39, 0.29) is 23.4 Å². The van der Waals surface area contributed by atoms with Gasteiger partial charge in [0.2, 0.25) is 0 Å². The summed E-state index contributed by atoms with van der Waals surface area (Å²) in [5, 5.41) is 2.32. The Hall–Kier alpha value is -1.04. The monoisotopic (exact) mass is 757 g/mol. The fourth-order valence-electron chi connectivity index (χ4n) is 8.41. The van der Waals surface area contributed by atoms with Crippen molar-refractivity contribution in [3.05, 3.63) is 70.3 Å². The number of fused-ring (bicyclic) bond motifs is 4. The number of hydroxylamine groups is 1. The van der Waals surface area contributed by atoms with Crippen molar-refractivity contribution in [1.29, 1.82) is 0 Å². The molecule has 2 aromatic carbocycles. The van der Waals surface area contributed by atoms with E-state index < -0.39 is 38.5 Å². The van der Waals surface area contributed by atoms with Crippen molar-refractivity contribution in [1.82, 2.24) is 5.48 Å². The second-order valence-corrected chi connectivity index (χ2v) is 32.0. The van der Waals surface area contributed by atoms with Crippen LogP contribution in [0.15, 0.2) is 70.3 Å². The summed E-state index contributed by atoms with van der Waals surface area (Å²) in [6, 6.07) is 21.8. The third-order valence-corrected chi connectivity index (χ3v) is 30.0. The Morgan fingerprint density at radius 3 is 1.89 bits per heavy atom. The molecule has 0 unspecified atom stereocenters. The van der Waals surface area contributed by atoms with Crippen LogP contribution in [0.25, 0.3) is 0 Å². The number of rotatable bonds is 16. The molecule has 5 atom stereocenters. The molecule has 6 nitrogen and oxygen atoms in total. The van der Waals surface area contributed by atoms with Gasteiger partial charge >= 0.3 is 285 Å². The maximum absolute atomic E-state index is 8.00. The van der Waals surface area contributed by atoms with Gasteiger partial charge in [-0.3, -0.25) is 0 Å². The standard InChI is InChI=1S/C26H32NO5Si.3C4H9.Sn/c1-18-16-29-23-24-30-17-21(31-24)22(26(18,23)27-28-5)32-33(25(2,3)4,19-12-8-6-9-13-19)20-14-10-7-11-15-20;3*1-3-4-2;/h1,6-15,21-24,27H,16-17H2,2-5H3;3*1,3-4H2,2H3;/t21-,22-,23-,24-,26-;;;;/m1..../s1. The molecule has 46 heavy (non-hydrogen) atoms. The molecule has 3 fully saturated rings. The van der Waals surface area contributed by atoms with Gasteiger partial charge in [0.25, 0.3) is 0 Å². The molecule has 2 bridgehead atoms. The summed E-state index contributed by atoms with van der Waals surface area (Å²) >= 11 is -2.79. The van der Waals surface area contributed by atoms with Gasteiger partial charge in [-0.1, -0.05) is 0 Å². The van der Waals surface area contributed by atoms with E-state index >= 15 is 0 Å². The zero-order valence-corrected chi connectivity index (χ0v) is 33.3. The second kappa shape index (κ2) is 15.7. The Morgan fingerprint density at radius 1 is 0.870 bits per heavy atom. The van der Waals surface area contributed by atoms with E-state index in [1.807, 2.05) is 0 Å². The molecule has 3 aliphatic heterocycles. The molecule has 0 spiro atoms. The van der Waals surface area contributed by atoms with Crippen LogP contribution in [0, 0.1) is 0 Å². The molecular weight excluding hydrogens is 697 g/mol. The van der Waals surface area contributed by atoms with Crippen LogP contribution in [-0.4, -0.2) is 77.2 Å². The van der Waals surface area contributed by atoms with Gasteiger partial charge in [0.05, 0.1) is 0 Å². The number of ether oxygens (including phenoxy) is 3. The SMILES string of the molecule is CCC[CH2][Sn](/[CH]=C1\CO[C@@H]2[C@@H]3OC[C@@H](O3)[C@@H](O[Si](c3ccccc3)(c3ccccc3)C(C)(C)C)[C@]12NOC)([CH2]CCC)[CH2]CCC. The second-order valence-electron chi connectivity index (χ2n) is 14.8. The molecule has 3 heterocycles. The van der Waals surface area contributed by atoms with E-state index in [1.165, 1.54) is 67.8 Å². The van der Waals surface area contributed by atoms with Crippen LogP contribution in [0.1, 0.15) is 80.1 Å². The van der Waals surface area contributed by atoms with Crippen molar-refractivity contribution in [2.24, 2.45) is 0 Å². The van der Waals surface area contributed by atoms with Crippen molar-refractivity contribution in [2.75, 3.05) is 20.3 Å². The minimum atomic E-state index is -2.96. The van der Waals surface area contributed by atoms with Crippen molar-refractivity contribution in [3.63, 3.8) is 0 Å². The predicted octanol–water partition coefficient (Wildman–Crippen LogP) is 7.29. The van der Waals surface area contributed by atoms with E-state index in [9.17, 15) is 0 Å². The van der Waals surface area contributed by atoms with E-state index in [2.05, 4.69) is 112 Å². The summed E-state index contributed by atoms with van der Waals surface area (Å²) in [5.74, 6) is 0. The molecule has 5 rings (SSSR count). The van der Waals surface area contributed by atoms with Gasteiger partial charge in [0.1, 0.15) is 0 Å². The fraction of sp³-hybridized carbons (Fsp3) is 0.632. The Morgan fingerprint density at radius 2 is 1.41 bits per heavy atom. The van der Waals surface area contributed by atoms with Crippen LogP contribution >= 0.6 is 0 Å². The van der Waals surface area contributed by atoms with Crippen molar-refractivity contribution < 1.29 is 23.5 Å². The summed E-state index contributed by atoms with van der Waals surface area (Å²) in [6.45, 7) is 15.1. The van der Waals surface area contributed by atoms with Crippen molar-refractivity contribution >= 4 is 37.1 Å². The molecule has 254 valence electrons. The summed E-state index contributed by atoms with van der Waals surface area (Å²) in [5.41, 5.74) is 4.22. The quantitative estimate of drug-likeness (QED) is 0.144. The number of benzene rings is 2. The van der Waals surface area contributed by atoms with Crippen LogP contribution < -0.4 is 15.9 Å². The van der Waals surface area contributed by atoms with Gasteiger partial charge in [-0.2, -0.15) is 0 Å². The molecule has 3 saturated heterocycles. The topological polar surface area (TPSA) is 58.2 Å². The average molecular weight is 757 g/mol. The number of hydrogen-bond donors (Lipinski definition) is 1. The van der Waals surface area contributed by atoms with Gasteiger partial charge in [0, 0.05) is 0 Å². The minimum absolute atomic E-state index is 0.189. The van der Waals surface area contributed by atoms with E-state index in [0.717, 1.165) is 0 Å². The number of nitrogens with one attached hydrogen (secondary N) is 1. The first-order chi connectivity index (χ1) is 22.2. The van der Waals surface area contributed by atoms with Gasteiger partial charge in [0.15, 0.2) is 0 Å². The van der Waals surface area contributed by atoms with Crippen LogP contribution in [-0.2, 0) is 23.5 Å². The van der Waals surface area contributed by atoms with Crippen LogP contribution in [0.2, 0.25) is 18.3 Å². The molecule has 0 amide bonds. The summed E-state index contributed by atoms with van der Waals surface area (Å²) in [4.78, 5) is 6.02. The summed E-state index contributed by atoms with van der Waals surface area (Å²) in [6.07, 6.45) is 6.21. The average Bonchev–Trinajstić information content (AvgIpc) is 3.66. The molecule has 0 aliphatic carbocycles. The third-order valence-electron chi connectivity index (χ3n) is 10.7. The molecule has 0 aromatic heterocycles. The fourth-order valence-corrected chi connectivity index (χ4v) is 28.6. The molecule has 3 aliphatic rings. The molecule has 0 saturated carbocycles. The molecule has 1 N–H and O–H groups in total. The molecule has 0 radical (unpaired) electrons. The summed E-state index contributed by atoms with van der Waals surface area (Å²) < 4.78 is 34.8. The van der Waals surface area contributed by atoms with E-state index in [4.69, 9.17) is 23.5 Å². The van der Waals surface area contributed by atoms with Gasteiger partial charge in [-0.15, -0.1) is 0 Å². The normalized spacial score (nSPS) is 27.3. The van der Waals surface area contributed by atoms with E-state index in [1.54, 1.807) is 7.11 Å². The van der Waals surface area contributed by atoms with Gasteiger partial charge in [-0.05, 0) is 0 Å².